The Bertz CT molecular complexity index is 558. The Morgan fingerprint density at radius 1 is 1.37 bits per heavy atom. The molecule has 0 spiro atoms. The summed E-state index contributed by atoms with van der Waals surface area (Å²) >= 11 is 5.83. The van der Waals surface area contributed by atoms with E-state index in [2.05, 4.69) is 9.46 Å². The summed E-state index contributed by atoms with van der Waals surface area (Å²) in [4.78, 5) is 11.4. The first-order valence-electron chi connectivity index (χ1n) is 5.27. The molecule has 1 N–H and O–H groups in total. The van der Waals surface area contributed by atoms with Gasteiger partial charge in [-0.3, -0.25) is 4.72 Å². The van der Waals surface area contributed by atoms with Gasteiger partial charge in [-0.1, -0.05) is 11.6 Å². The third-order valence-electron chi connectivity index (χ3n) is 2.20. The Hall–Kier alpha value is -1.31. The first kappa shape index (κ1) is 15.7. The maximum atomic E-state index is 11.7. The van der Waals surface area contributed by atoms with Crippen molar-refractivity contribution in [2.24, 2.45) is 0 Å². The van der Waals surface area contributed by atoms with Crippen molar-refractivity contribution >= 4 is 33.3 Å². The standard InChI is InChI=1S/C11H14ClNO5S/c1-17-5-6-19(15,16)13-8-3-4-10(12)9(7-8)11(14)18-2/h3-4,7,13H,5-6H2,1-2H3. The molecule has 19 heavy (non-hydrogen) atoms. The molecule has 0 saturated heterocycles. The van der Waals surface area contributed by atoms with Crippen LogP contribution in [0.3, 0.4) is 0 Å². The lowest BCUT2D eigenvalue weighted by molar-refractivity contribution is 0.0601. The summed E-state index contributed by atoms with van der Waals surface area (Å²) in [7, 11) is -0.903. The molecule has 0 fully saturated rings. The average molecular weight is 308 g/mol. The van der Waals surface area contributed by atoms with Gasteiger partial charge >= 0.3 is 5.97 Å². The van der Waals surface area contributed by atoms with Crippen molar-refractivity contribution in [3.05, 3.63) is 28.8 Å². The van der Waals surface area contributed by atoms with E-state index in [0.29, 0.717) is 0 Å². The number of sulfonamides is 1. The van der Waals surface area contributed by atoms with E-state index in [0.717, 1.165) is 0 Å². The topological polar surface area (TPSA) is 81.7 Å². The number of methoxy groups -OCH3 is 2. The highest BCUT2D eigenvalue weighted by molar-refractivity contribution is 7.92. The van der Waals surface area contributed by atoms with Crippen LogP contribution in [0.25, 0.3) is 0 Å². The lowest BCUT2D eigenvalue weighted by atomic mass is 10.2. The molecule has 8 heteroatoms. The van der Waals surface area contributed by atoms with Crippen molar-refractivity contribution in [2.75, 3.05) is 31.3 Å². The normalized spacial score (nSPS) is 11.1. The van der Waals surface area contributed by atoms with Gasteiger partial charge < -0.3 is 9.47 Å². The zero-order valence-corrected chi connectivity index (χ0v) is 12.0. The summed E-state index contributed by atoms with van der Waals surface area (Å²) in [6.45, 7) is 0.0762. The van der Waals surface area contributed by atoms with E-state index in [9.17, 15) is 13.2 Å². The van der Waals surface area contributed by atoms with Gasteiger partial charge in [0.2, 0.25) is 10.0 Å². The van der Waals surface area contributed by atoms with Crippen LogP contribution in [0.4, 0.5) is 5.69 Å². The first-order chi connectivity index (χ1) is 8.89. The summed E-state index contributed by atoms with van der Waals surface area (Å²) in [5.41, 5.74) is 0.331. The molecule has 1 aromatic rings. The van der Waals surface area contributed by atoms with Crippen LogP contribution in [-0.4, -0.2) is 41.0 Å². The minimum atomic E-state index is -3.53. The fourth-order valence-electron chi connectivity index (χ4n) is 1.28. The van der Waals surface area contributed by atoms with Gasteiger partial charge in [-0.2, -0.15) is 0 Å². The van der Waals surface area contributed by atoms with Crippen LogP contribution in [-0.2, 0) is 19.5 Å². The van der Waals surface area contributed by atoms with Gasteiger partial charge in [-0.05, 0) is 18.2 Å². The molecule has 0 unspecified atom stereocenters. The van der Waals surface area contributed by atoms with Gasteiger partial charge in [0.1, 0.15) is 0 Å². The molecule has 0 aliphatic heterocycles. The smallest absolute Gasteiger partial charge is 0.339 e. The lowest BCUT2D eigenvalue weighted by Crippen LogP contribution is -2.20. The Labute approximate surface area is 116 Å². The molecule has 0 saturated carbocycles. The monoisotopic (exact) mass is 307 g/mol. The van der Waals surface area contributed by atoms with Gasteiger partial charge in [-0.25, -0.2) is 13.2 Å². The number of halogens is 1. The van der Waals surface area contributed by atoms with Gasteiger partial charge in [0, 0.05) is 12.8 Å². The maximum absolute atomic E-state index is 11.7. The highest BCUT2D eigenvalue weighted by atomic mass is 35.5. The predicted octanol–water partition coefficient (Wildman–Crippen LogP) is 1.51. The fourth-order valence-corrected chi connectivity index (χ4v) is 2.45. The summed E-state index contributed by atoms with van der Waals surface area (Å²) < 4.78 is 34.9. The number of carbonyl (C=O) groups excluding carboxylic acids is 1. The third-order valence-corrected chi connectivity index (χ3v) is 3.78. The molecular weight excluding hydrogens is 294 g/mol. The number of carbonyl (C=O) groups is 1. The van der Waals surface area contributed by atoms with Crippen LogP contribution in [0.5, 0.6) is 0 Å². The largest absolute Gasteiger partial charge is 0.465 e. The SMILES string of the molecule is COCCS(=O)(=O)Nc1ccc(Cl)c(C(=O)OC)c1. The van der Waals surface area contributed by atoms with Crippen LogP contribution in [0.15, 0.2) is 18.2 Å². The fraction of sp³-hybridized carbons (Fsp3) is 0.364. The van der Waals surface area contributed by atoms with Gasteiger partial charge in [0.05, 0.1) is 30.1 Å². The Kier molecular flexibility index (Phi) is 5.59. The molecule has 1 aromatic carbocycles. The van der Waals surface area contributed by atoms with Gasteiger partial charge in [0.25, 0.3) is 0 Å². The highest BCUT2D eigenvalue weighted by Crippen LogP contribution is 2.22. The second-order valence-electron chi connectivity index (χ2n) is 3.60. The van der Waals surface area contributed by atoms with Crippen molar-refractivity contribution in [3.8, 4) is 0 Å². The molecule has 0 atom stereocenters. The second kappa shape index (κ2) is 6.74. The number of ether oxygens (including phenoxy) is 2. The van der Waals surface area contributed by atoms with Crippen LogP contribution < -0.4 is 4.72 Å². The Balaban J connectivity index is 2.94. The zero-order chi connectivity index (χ0) is 14.5. The third kappa shape index (κ3) is 4.70. The summed E-state index contributed by atoms with van der Waals surface area (Å²) in [5, 5.41) is 0.187. The second-order valence-corrected chi connectivity index (χ2v) is 5.85. The van der Waals surface area contributed by atoms with E-state index < -0.39 is 16.0 Å². The molecule has 1 rings (SSSR count). The van der Waals surface area contributed by atoms with Crippen LogP contribution in [0, 0.1) is 0 Å². The number of hydrogen-bond acceptors (Lipinski definition) is 5. The van der Waals surface area contributed by atoms with Crippen LogP contribution in [0.1, 0.15) is 10.4 Å². The number of nitrogens with one attached hydrogen (secondary N) is 1. The molecule has 0 bridgehead atoms. The van der Waals surface area contributed by atoms with E-state index in [1.165, 1.54) is 32.4 Å². The number of esters is 1. The van der Waals surface area contributed by atoms with Crippen molar-refractivity contribution in [2.45, 2.75) is 0 Å². The van der Waals surface area contributed by atoms with Crippen LogP contribution >= 0.6 is 11.6 Å². The van der Waals surface area contributed by atoms with Crippen molar-refractivity contribution in [1.82, 2.24) is 0 Å². The van der Waals surface area contributed by atoms with Crippen LogP contribution in [0.2, 0.25) is 5.02 Å². The van der Waals surface area contributed by atoms with E-state index >= 15 is 0 Å². The first-order valence-corrected chi connectivity index (χ1v) is 7.30. The lowest BCUT2D eigenvalue weighted by Gasteiger charge is -2.09. The Morgan fingerprint density at radius 3 is 2.63 bits per heavy atom. The number of rotatable bonds is 6. The predicted molar refractivity (Wildman–Crippen MR) is 72.1 cm³/mol. The summed E-state index contributed by atoms with van der Waals surface area (Å²) in [6, 6.07) is 4.19. The van der Waals surface area contributed by atoms with E-state index in [1.54, 1.807) is 0 Å². The molecule has 0 heterocycles. The summed E-state index contributed by atoms with van der Waals surface area (Å²) in [5.74, 6) is -0.817. The number of benzene rings is 1. The molecule has 0 aliphatic carbocycles. The quantitative estimate of drug-likeness (QED) is 0.806. The van der Waals surface area contributed by atoms with Crippen molar-refractivity contribution in [1.29, 1.82) is 0 Å². The summed E-state index contributed by atoms with van der Waals surface area (Å²) in [6.07, 6.45) is 0. The molecule has 0 aliphatic rings. The Morgan fingerprint density at radius 2 is 2.05 bits per heavy atom. The van der Waals surface area contributed by atoms with Gasteiger partial charge in [-0.15, -0.1) is 0 Å². The molecular formula is C11H14ClNO5S. The molecule has 106 valence electrons. The van der Waals surface area contributed by atoms with Gasteiger partial charge in [0.15, 0.2) is 0 Å². The molecule has 6 nitrogen and oxygen atoms in total. The van der Waals surface area contributed by atoms with Crippen molar-refractivity contribution in [3.63, 3.8) is 0 Å². The molecule has 0 amide bonds. The number of hydrogen-bond donors (Lipinski definition) is 1. The van der Waals surface area contributed by atoms with E-state index in [-0.39, 0.29) is 28.6 Å². The van der Waals surface area contributed by atoms with E-state index in [1.807, 2.05) is 0 Å². The minimum absolute atomic E-state index is 0.0762. The molecule has 0 radical (unpaired) electrons. The molecule has 0 aromatic heterocycles. The van der Waals surface area contributed by atoms with Crippen molar-refractivity contribution < 1.29 is 22.7 Å². The van der Waals surface area contributed by atoms with E-state index in [4.69, 9.17) is 16.3 Å². The average Bonchev–Trinajstić information content (AvgIpc) is 2.37. The number of anilines is 1. The highest BCUT2D eigenvalue weighted by Gasteiger charge is 2.14. The zero-order valence-electron chi connectivity index (χ0n) is 10.5. The minimum Gasteiger partial charge on any atom is -0.465 e. The maximum Gasteiger partial charge on any atom is 0.339 e.